The number of likely N-dealkylation sites (N-methyl/N-ethyl adjacent to an activating group) is 1. The Kier molecular flexibility index (Phi) is 6.31. The molecule has 9 heteroatoms. The van der Waals surface area contributed by atoms with Gasteiger partial charge in [0.2, 0.25) is 0 Å². The molecule has 0 saturated carbocycles. The van der Waals surface area contributed by atoms with Gasteiger partial charge in [0, 0.05) is 54.8 Å². The van der Waals surface area contributed by atoms with Crippen molar-refractivity contribution in [2.75, 3.05) is 20.1 Å². The van der Waals surface area contributed by atoms with Crippen molar-refractivity contribution in [1.29, 1.82) is 0 Å². The van der Waals surface area contributed by atoms with E-state index >= 15 is 0 Å². The highest BCUT2D eigenvalue weighted by atomic mass is 19.1. The number of nitrogens with zero attached hydrogens (tertiary/aromatic N) is 4. The van der Waals surface area contributed by atoms with E-state index in [1.165, 1.54) is 18.2 Å². The SMILES string of the molecule is CN1CC(Cc2c(F)cccc2F)CC(NC(=O)C2=CC3C(c4ccc5nn(C)cc5c4)=NNC3C=C2)C1. The number of amides is 1. The Bertz CT molecular complexity index is 1470. The van der Waals surface area contributed by atoms with Gasteiger partial charge < -0.3 is 15.6 Å². The van der Waals surface area contributed by atoms with Crippen LogP contribution in [0.1, 0.15) is 17.5 Å². The molecule has 0 radical (unpaired) electrons. The average Bonchev–Trinajstić information content (AvgIpc) is 3.47. The van der Waals surface area contributed by atoms with Crippen molar-refractivity contribution in [3.8, 4) is 0 Å². The predicted octanol–water partition coefficient (Wildman–Crippen LogP) is 3.32. The fourth-order valence-electron chi connectivity index (χ4n) is 5.97. The highest BCUT2D eigenvalue weighted by molar-refractivity contribution is 6.08. The lowest BCUT2D eigenvalue weighted by Gasteiger charge is -2.36. The topological polar surface area (TPSA) is 74.5 Å². The van der Waals surface area contributed by atoms with E-state index < -0.39 is 11.6 Å². The van der Waals surface area contributed by atoms with Crippen LogP contribution in [-0.2, 0) is 18.3 Å². The molecular weight excluding hydrogens is 486 g/mol. The number of halogens is 2. The highest BCUT2D eigenvalue weighted by Crippen LogP contribution is 2.29. The zero-order valence-corrected chi connectivity index (χ0v) is 21.4. The summed E-state index contributed by atoms with van der Waals surface area (Å²) in [5.41, 5.74) is 6.70. The second-order valence-electron chi connectivity index (χ2n) is 10.6. The first-order chi connectivity index (χ1) is 18.3. The van der Waals surface area contributed by atoms with E-state index in [1.54, 1.807) is 4.68 Å². The first kappa shape index (κ1) is 24.5. The minimum absolute atomic E-state index is 0.00740. The van der Waals surface area contributed by atoms with Crippen LogP contribution in [0.25, 0.3) is 10.9 Å². The first-order valence-electron chi connectivity index (χ1n) is 12.9. The summed E-state index contributed by atoms with van der Waals surface area (Å²) in [4.78, 5) is 15.4. The predicted molar refractivity (Wildman–Crippen MR) is 142 cm³/mol. The molecule has 7 nitrogen and oxygen atoms in total. The number of hydrogen-bond donors (Lipinski definition) is 2. The van der Waals surface area contributed by atoms with Crippen LogP contribution in [0.3, 0.4) is 0 Å². The van der Waals surface area contributed by atoms with Gasteiger partial charge in [-0.3, -0.25) is 9.48 Å². The van der Waals surface area contributed by atoms with Crippen molar-refractivity contribution in [3.63, 3.8) is 0 Å². The number of benzene rings is 2. The third kappa shape index (κ3) is 4.74. The Balaban J connectivity index is 1.15. The fraction of sp³-hybridized carbons (Fsp3) is 0.345. The maximum atomic E-state index is 14.2. The van der Waals surface area contributed by atoms with Crippen molar-refractivity contribution in [1.82, 2.24) is 25.4 Å². The number of carbonyl (C=O) groups excluding carboxylic acids is 1. The second kappa shape index (κ2) is 9.79. The van der Waals surface area contributed by atoms with E-state index in [1.807, 2.05) is 50.7 Å². The Morgan fingerprint density at radius 3 is 2.79 bits per heavy atom. The quantitative estimate of drug-likeness (QED) is 0.546. The first-order valence-corrected chi connectivity index (χ1v) is 12.9. The molecule has 4 atom stereocenters. The number of fused-ring (bicyclic) bond motifs is 2. The smallest absolute Gasteiger partial charge is 0.251 e. The molecule has 1 aromatic heterocycles. The van der Waals surface area contributed by atoms with Crippen LogP contribution in [0.5, 0.6) is 0 Å². The maximum Gasteiger partial charge on any atom is 0.251 e. The maximum absolute atomic E-state index is 14.2. The fourth-order valence-corrected chi connectivity index (χ4v) is 5.97. The molecule has 3 heterocycles. The minimum Gasteiger partial charge on any atom is -0.348 e. The molecule has 1 saturated heterocycles. The molecule has 2 aliphatic heterocycles. The normalized spacial score (nSPS) is 25.1. The van der Waals surface area contributed by atoms with E-state index in [9.17, 15) is 13.6 Å². The number of nitrogens with one attached hydrogen (secondary N) is 2. The molecule has 1 amide bonds. The number of piperidine rings is 1. The van der Waals surface area contributed by atoms with Crippen LogP contribution in [-0.4, -0.2) is 58.5 Å². The molecule has 3 aliphatic rings. The number of likely N-dealkylation sites (tertiary alicyclic amines) is 1. The van der Waals surface area contributed by atoms with Crippen LogP contribution in [0, 0.1) is 23.5 Å². The summed E-state index contributed by atoms with van der Waals surface area (Å²) in [5, 5.41) is 13.2. The zero-order chi connectivity index (χ0) is 26.4. The molecule has 196 valence electrons. The summed E-state index contributed by atoms with van der Waals surface area (Å²) in [6.45, 7) is 1.41. The van der Waals surface area contributed by atoms with Crippen molar-refractivity contribution >= 4 is 22.5 Å². The van der Waals surface area contributed by atoms with Gasteiger partial charge in [0.15, 0.2) is 0 Å². The molecular formula is C29H30F2N6O. The molecule has 6 rings (SSSR count). The van der Waals surface area contributed by atoms with Gasteiger partial charge in [0.05, 0.1) is 17.3 Å². The van der Waals surface area contributed by atoms with Crippen molar-refractivity contribution in [2.45, 2.75) is 24.9 Å². The molecule has 2 N–H and O–H groups in total. The van der Waals surface area contributed by atoms with Gasteiger partial charge in [0.1, 0.15) is 11.6 Å². The number of rotatable bonds is 5. The largest absolute Gasteiger partial charge is 0.348 e. The average molecular weight is 517 g/mol. The monoisotopic (exact) mass is 516 g/mol. The van der Waals surface area contributed by atoms with E-state index in [0.717, 1.165) is 28.7 Å². The number of carbonyl (C=O) groups is 1. The van der Waals surface area contributed by atoms with E-state index in [0.29, 0.717) is 25.0 Å². The van der Waals surface area contributed by atoms with Crippen molar-refractivity contribution in [3.05, 3.63) is 89.2 Å². The summed E-state index contributed by atoms with van der Waals surface area (Å²) in [6, 6.07) is 9.93. The van der Waals surface area contributed by atoms with E-state index in [-0.39, 0.29) is 35.4 Å². The molecule has 4 unspecified atom stereocenters. The highest BCUT2D eigenvalue weighted by Gasteiger charge is 2.34. The van der Waals surface area contributed by atoms with Crippen molar-refractivity contribution < 1.29 is 13.6 Å². The molecule has 1 aliphatic carbocycles. The Morgan fingerprint density at radius 1 is 1.16 bits per heavy atom. The third-order valence-corrected chi connectivity index (χ3v) is 7.67. The molecule has 38 heavy (non-hydrogen) atoms. The summed E-state index contributed by atoms with van der Waals surface area (Å²) in [5.74, 6) is -1.22. The van der Waals surface area contributed by atoms with Gasteiger partial charge >= 0.3 is 0 Å². The molecule has 0 bridgehead atoms. The number of hydrogen-bond acceptors (Lipinski definition) is 5. The van der Waals surface area contributed by atoms with Crippen LogP contribution in [0.15, 0.2) is 71.5 Å². The number of hydrazone groups is 1. The summed E-state index contributed by atoms with van der Waals surface area (Å²) in [7, 11) is 3.87. The lowest BCUT2D eigenvalue weighted by atomic mass is 9.85. The van der Waals surface area contributed by atoms with Gasteiger partial charge in [-0.25, -0.2) is 8.78 Å². The summed E-state index contributed by atoms with van der Waals surface area (Å²) >= 11 is 0. The summed E-state index contributed by atoms with van der Waals surface area (Å²) < 4.78 is 30.3. The molecule has 3 aromatic rings. The van der Waals surface area contributed by atoms with Crippen LogP contribution < -0.4 is 10.7 Å². The van der Waals surface area contributed by atoms with Gasteiger partial charge in [-0.1, -0.05) is 30.4 Å². The lowest BCUT2D eigenvalue weighted by Crippen LogP contribution is -2.50. The van der Waals surface area contributed by atoms with Gasteiger partial charge in [0.25, 0.3) is 5.91 Å². The van der Waals surface area contributed by atoms with Crippen LogP contribution in [0.2, 0.25) is 0 Å². The van der Waals surface area contributed by atoms with E-state index in [4.69, 9.17) is 0 Å². The van der Waals surface area contributed by atoms with E-state index in [2.05, 4.69) is 31.9 Å². The Hall–Kier alpha value is -3.85. The van der Waals surface area contributed by atoms with Crippen molar-refractivity contribution in [2.24, 2.45) is 24.0 Å². The number of aryl methyl sites for hydroxylation is 1. The lowest BCUT2D eigenvalue weighted by molar-refractivity contribution is -0.118. The zero-order valence-electron chi connectivity index (χ0n) is 21.4. The summed E-state index contributed by atoms with van der Waals surface area (Å²) in [6.07, 6.45) is 8.73. The van der Waals surface area contributed by atoms with Gasteiger partial charge in [-0.2, -0.15) is 10.2 Å². The number of aromatic nitrogens is 2. The minimum atomic E-state index is -0.517. The molecule has 0 spiro atoms. The molecule has 2 aromatic carbocycles. The third-order valence-electron chi connectivity index (χ3n) is 7.67. The standard InChI is InChI=1S/C29H30F2N6O/c1-36-14-17(11-22-24(30)4-3-5-25(22)31)10-21(16-36)32-29(38)19-7-9-27-23(13-19)28(34-33-27)18-6-8-26-20(12-18)15-37(2)35-26/h3-9,12-13,15,17,21,23,27,33H,10-11,14,16H2,1-2H3,(H,32,38). The second-order valence-corrected chi connectivity index (χ2v) is 10.6. The van der Waals surface area contributed by atoms with Gasteiger partial charge in [-0.15, -0.1) is 0 Å². The Labute approximate surface area is 219 Å². The Morgan fingerprint density at radius 2 is 1.97 bits per heavy atom. The van der Waals surface area contributed by atoms with Crippen LogP contribution in [0.4, 0.5) is 8.78 Å². The van der Waals surface area contributed by atoms with Crippen LogP contribution >= 0.6 is 0 Å². The molecule has 1 fully saturated rings. The van der Waals surface area contributed by atoms with Gasteiger partial charge in [-0.05, 0) is 55.6 Å².